The average Bonchev–Trinajstić information content (AvgIpc) is 2.55. The maximum atomic E-state index is 12.5. The molecule has 1 amide bonds. The van der Waals surface area contributed by atoms with Gasteiger partial charge in [-0.1, -0.05) is 30.3 Å². The Morgan fingerprint density at radius 1 is 1.14 bits per heavy atom. The number of ether oxygens (including phenoxy) is 2. The fourth-order valence-corrected chi connectivity index (χ4v) is 2.23. The zero-order valence-corrected chi connectivity index (χ0v) is 13.1. The van der Waals surface area contributed by atoms with Gasteiger partial charge in [0.2, 0.25) is 0 Å². The molecule has 0 aromatic heterocycles. The summed E-state index contributed by atoms with van der Waals surface area (Å²) < 4.78 is 10.4. The number of hydrogen-bond acceptors (Lipinski definition) is 3. The molecule has 4 heteroatoms. The molecule has 0 spiro atoms. The van der Waals surface area contributed by atoms with E-state index in [0.29, 0.717) is 12.2 Å². The fourth-order valence-electron chi connectivity index (χ4n) is 2.23. The number of methoxy groups -OCH3 is 2. The Labute approximate surface area is 131 Å². The van der Waals surface area contributed by atoms with Gasteiger partial charge in [0, 0.05) is 25.5 Å². The van der Waals surface area contributed by atoms with Crippen LogP contribution in [0.3, 0.4) is 0 Å². The highest BCUT2D eigenvalue weighted by Crippen LogP contribution is 2.20. The van der Waals surface area contributed by atoms with E-state index >= 15 is 0 Å². The summed E-state index contributed by atoms with van der Waals surface area (Å²) in [6.07, 6.45) is -0.0161. The van der Waals surface area contributed by atoms with Crippen LogP contribution in [0.4, 0.5) is 5.69 Å². The molecule has 0 heterocycles. The molecule has 1 N–H and O–H groups in total. The van der Waals surface area contributed by atoms with Crippen molar-refractivity contribution in [1.29, 1.82) is 0 Å². The first-order valence-corrected chi connectivity index (χ1v) is 7.16. The number of carbonyl (C=O) groups excluding carboxylic acids is 1. The molecule has 0 aliphatic carbocycles. The van der Waals surface area contributed by atoms with E-state index < -0.39 is 0 Å². The summed E-state index contributed by atoms with van der Waals surface area (Å²) in [5, 5.41) is 2.93. The van der Waals surface area contributed by atoms with Gasteiger partial charge in [0.15, 0.2) is 0 Å². The van der Waals surface area contributed by atoms with Crippen LogP contribution in [0.5, 0.6) is 0 Å². The predicted octanol–water partition coefficient (Wildman–Crippen LogP) is 3.79. The Kier molecular flexibility index (Phi) is 5.69. The number of rotatable bonds is 6. The van der Waals surface area contributed by atoms with Crippen LogP contribution in [0.25, 0.3) is 0 Å². The first-order chi connectivity index (χ1) is 10.7. The molecule has 0 saturated carbocycles. The topological polar surface area (TPSA) is 47.6 Å². The second-order valence-electron chi connectivity index (χ2n) is 5.05. The van der Waals surface area contributed by atoms with Gasteiger partial charge >= 0.3 is 0 Å². The van der Waals surface area contributed by atoms with Gasteiger partial charge in [-0.3, -0.25) is 4.79 Å². The van der Waals surface area contributed by atoms with Crippen LogP contribution < -0.4 is 5.32 Å². The minimum Gasteiger partial charge on any atom is -0.380 e. The van der Waals surface area contributed by atoms with Gasteiger partial charge in [-0.2, -0.15) is 0 Å². The Bertz CT molecular complexity index is 640. The average molecular weight is 299 g/mol. The molecule has 116 valence electrons. The first-order valence-electron chi connectivity index (χ1n) is 7.16. The molecule has 2 aromatic carbocycles. The van der Waals surface area contributed by atoms with Crippen LogP contribution in [0.15, 0.2) is 48.5 Å². The van der Waals surface area contributed by atoms with Crippen molar-refractivity contribution in [2.45, 2.75) is 19.6 Å². The zero-order chi connectivity index (χ0) is 15.9. The van der Waals surface area contributed by atoms with Gasteiger partial charge in [-0.25, -0.2) is 0 Å². The molecule has 1 atom stereocenters. The van der Waals surface area contributed by atoms with Crippen molar-refractivity contribution in [3.05, 3.63) is 65.2 Å². The summed E-state index contributed by atoms with van der Waals surface area (Å²) in [4.78, 5) is 12.5. The number of benzene rings is 2. The van der Waals surface area contributed by atoms with E-state index in [9.17, 15) is 4.79 Å². The largest absolute Gasteiger partial charge is 0.380 e. The summed E-state index contributed by atoms with van der Waals surface area (Å²) in [7, 11) is 3.28. The van der Waals surface area contributed by atoms with Gasteiger partial charge in [0.05, 0.1) is 12.7 Å². The third kappa shape index (κ3) is 3.93. The van der Waals surface area contributed by atoms with Gasteiger partial charge in [0.25, 0.3) is 5.91 Å². The van der Waals surface area contributed by atoms with Crippen molar-refractivity contribution < 1.29 is 14.3 Å². The molecule has 2 rings (SSSR count). The Morgan fingerprint density at radius 3 is 2.64 bits per heavy atom. The molecule has 0 saturated heterocycles. The molecule has 0 aliphatic heterocycles. The van der Waals surface area contributed by atoms with Crippen LogP contribution in [-0.4, -0.2) is 20.1 Å². The van der Waals surface area contributed by atoms with E-state index in [2.05, 4.69) is 5.32 Å². The molecule has 4 nitrogen and oxygen atoms in total. The third-order valence-electron chi connectivity index (χ3n) is 3.53. The second kappa shape index (κ2) is 7.73. The second-order valence-corrected chi connectivity index (χ2v) is 5.05. The lowest BCUT2D eigenvalue weighted by atomic mass is 10.1. The minimum absolute atomic E-state index is 0.0161. The lowest BCUT2D eigenvalue weighted by molar-refractivity contribution is 0.102. The Balaban J connectivity index is 2.19. The van der Waals surface area contributed by atoms with Crippen molar-refractivity contribution in [1.82, 2.24) is 0 Å². The Hall–Kier alpha value is -2.17. The molecule has 0 bridgehead atoms. The maximum absolute atomic E-state index is 12.5. The van der Waals surface area contributed by atoms with E-state index in [1.54, 1.807) is 20.3 Å². The summed E-state index contributed by atoms with van der Waals surface area (Å²) in [6.45, 7) is 2.37. The van der Waals surface area contributed by atoms with Crippen LogP contribution in [0.1, 0.15) is 34.5 Å². The maximum Gasteiger partial charge on any atom is 0.256 e. The SMILES string of the molecule is COCc1ccccc1C(=O)Nc1cccc([C@H](C)OC)c1. The van der Waals surface area contributed by atoms with Gasteiger partial charge in [-0.05, 0) is 36.2 Å². The Morgan fingerprint density at radius 2 is 1.91 bits per heavy atom. The van der Waals surface area contributed by atoms with E-state index in [0.717, 1.165) is 16.8 Å². The van der Waals surface area contributed by atoms with Crippen molar-refractivity contribution >= 4 is 11.6 Å². The highest BCUT2D eigenvalue weighted by atomic mass is 16.5. The summed E-state index contributed by atoms with van der Waals surface area (Å²) in [5.74, 6) is -0.144. The highest BCUT2D eigenvalue weighted by molar-refractivity contribution is 6.05. The van der Waals surface area contributed by atoms with Crippen LogP contribution in [-0.2, 0) is 16.1 Å². The number of anilines is 1. The van der Waals surface area contributed by atoms with Gasteiger partial charge < -0.3 is 14.8 Å². The van der Waals surface area contributed by atoms with Crippen molar-refractivity contribution in [3.8, 4) is 0 Å². The van der Waals surface area contributed by atoms with Gasteiger partial charge in [-0.15, -0.1) is 0 Å². The number of nitrogens with one attached hydrogen (secondary N) is 1. The van der Waals surface area contributed by atoms with Crippen molar-refractivity contribution in [2.75, 3.05) is 19.5 Å². The van der Waals surface area contributed by atoms with E-state index in [4.69, 9.17) is 9.47 Å². The normalized spacial score (nSPS) is 12.0. The number of carbonyl (C=O) groups is 1. The quantitative estimate of drug-likeness (QED) is 0.882. The van der Waals surface area contributed by atoms with Crippen molar-refractivity contribution in [3.63, 3.8) is 0 Å². The molecule has 0 aliphatic rings. The fraction of sp³-hybridized carbons (Fsp3) is 0.278. The summed E-state index contributed by atoms with van der Waals surface area (Å²) >= 11 is 0. The molecule has 2 aromatic rings. The van der Waals surface area contributed by atoms with Crippen molar-refractivity contribution in [2.24, 2.45) is 0 Å². The number of hydrogen-bond donors (Lipinski definition) is 1. The highest BCUT2D eigenvalue weighted by Gasteiger charge is 2.12. The molecular weight excluding hydrogens is 278 g/mol. The molecule has 0 unspecified atom stereocenters. The standard InChI is InChI=1S/C18H21NO3/c1-13(22-3)14-8-6-9-16(11-14)19-18(20)17-10-5-4-7-15(17)12-21-2/h4-11,13H,12H2,1-3H3,(H,19,20)/t13-/m0/s1. The third-order valence-corrected chi connectivity index (χ3v) is 3.53. The zero-order valence-electron chi connectivity index (χ0n) is 13.1. The molecule has 0 fully saturated rings. The summed E-state index contributed by atoms with van der Waals surface area (Å²) in [6, 6.07) is 15.1. The van der Waals surface area contributed by atoms with Gasteiger partial charge in [0.1, 0.15) is 0 Å². The minimum atomic E-state index is -0.144. The van der Waals surface area contributed by atoms with Crippen LogP contribution in [0, 0.1) is 0 Å². The predicted molar refractivity (Wildman–Crippen MR) is 87.0 cm³/mol. The van der Waals surface area contributed by atoms with Crippen LogP contribution >= 0.6 is 0 Å². The van der Waals surface area contributed by atoms with E-state index in [1.807, 2.05) is 49.4 Å². The smallest absolute Gasteiger partial charge is 0.256 e. The monoisotopic (exact) mass is 299 g/mol. The first kappa shape index (κ1) is 16.2. The molecule has 0 radical (unpaired) electrons. The lowest BCUT2D eigenvalue weighted by Crippen LogP contribution is -2.14. The number of amides is 1. The van der Waals surface area contributed by atoms with E-state index in [-0.39, 0.29) is 12.0 Å². The molecule has 22 heavy (non-hydrogen) atoms. The lowest BCUT2D eigenvalue weighted by Gasteiger charge is -2.13. The van der Waals surface area contributed by atoms with Crippen LogP contribution in [0.2, 0.25) is 0 Å². The summed E-state index contributed by atoms with van der Waals surface area (Å²) in [5.41, 5.74) is 3.25. The molecular formula is C18H21NO3. The van der Waals surface area contributed by atoms with E-state index in [1.165, 1.54) is 0 Å².